The zero-order chi connectivity index (χ0) is 18.1. The topological polar surface area (TPSA) is 75.3 Å². The van der Waals surface area contributed by atoms with Crippen molar-refractivity contribution in [2.75, 3.05) is 6.61 Å². The van der Waals surface area contributed by atoms with Crippen LogP contribution in [0.1, 0.15) is 42.2 Å². The van der Waals surface area contributed by atoms with Crippen LogP contribution in [0.2, 0.25) is 0 Å². The summed E-state index contributed by atoms with van der Waals surface area (Å²) in [4.78, 5) is 34.8. The van der Waals surface area contributed by atoms with Crippen LogP contribution in [0.5, 0.6) is 0 Å². The molecule has 2 fully saturated rings. The van der Waals surface area contributed by atoms with Crippen LogP contribution in [-0.2, 0) is 16.0 Å². The minimum Gasteiger partial charge on any atom is -0.465 e. The van der Waals surface area contributed by atoms with Crippen molar-refractivity contribution in [2.45, 2.75) is 44.7 Å². The number of H-pyrrole nitrogens is 1. The molecule has 1 aromatic heterocycles. The monoisotopic (exact) mass is 353 g/mol. The Morgan fingerprint density at radius 3 is 2.81 bits per heavy atom. The highest BCUT2D eigenvalue weighted by Gasteiger charge is 2.62. The average Bonchev–Trinajstić information content (AvgIpc) is 3.38. The van der Waals surface area contributed by atoms with Gasteiger partial charge < -0.3 is 14.6 Å². The summed E-state index contributed by atoms with van der Waals surface area (Å²) in [5.74, 6) is -0.257. The van der Waals surface area contributed by atoms with Crippen LogP contribution in [0, 0.1) is 5.41 Å². The van der Waals surface area contributed by atoms with Crippen LogP contribution < -0.4 is 0 Å². The van der Waals surface area contributed by atoms with Gasteiger partial charge in [-0.05, 0) is 38.2 Å². The quantitative estimate of drug-likeness (QED) is 0.839. The first-order chi connectivity index (χ1) is 12.7. The fraction of sp³-hybridized carbons (Fsp3) is 0.450. The molecule has 3 atom stereocenters. The molecule has 1 amide bonds. The maximum atomic E-state index is 13.0. The van der Waals surface area contributed by atoms with E-state index in [1.54, 1.807) is 6.20 Å². The van der Waals surface area contributed by atoms with E-state index in [-0.39, 0.29) is 24.0 Å². The standard InChI is InChI=1S/C20H23N3O3/c1-2-26-19(25)20(10-14-6-4-3-5-7-14)11-15-8-9-17(20)23(15)18(24)16-12-21-13-22-16/h3-7,12-13,15,17H,2,8-11H2,1H3,(H,21,22)/t15-,17+,20+/m1/s1. The maximum Gasteiger partial charge on any atom is 0.314 e. The van der Waals surface area contributed by atoms with Crippen molar-refractivity contribution >= 4 is 11.9 Å². The van der Waals surface area contributed by atoms with E-state index in [0.717, 1.165) is 18.4 Å². The molecule has 136 valence electrons. The zero-order valence-electron chi connectivity index (χ0n) is 14.9. The van der Waals surface area contributed by atoms with Crippen LogP contribution in [0.25, 0.3) is 0 Å². The number of nitrogens with one attached hydrogen (secondary N) is 1. The summed E-state index contributed by atoms with van der Waals surface area (Å²) in [5.41, 5.74) is 0.902. The lowest BCUT2D eigenvalue weighted by Gasteiger charge is -2.35. The van der Waals surface area contributed by atoms with Crippen molar-refractivity contribution < 1.29 is 14.3 Å². The van der Waals surface area contributed by atoms with Crippen molar-refractivity contribution in [1.82, 2.24) is 14.9 Å². The van der Waals surface area contributed by atoms with Gasteiger partial charge in [0.05, 0.1) is 24.5 Å². The van der Waals surface area contributed by atoms with Crippen molar-refractivity contribution in [3.8, 4) is 0 Å². The molecule has 1 N–H and O–H groups in total. The van der Waals surface area contributed by atoms with Crippen molar-refractivity contribution in [3.05, 3.63) is 54.1 Å². The molecule has 0 spiro atoms. The highest BCUT2D eigenvalue weighted by molar-refractivity contribution is 5.94. The molecule has 1 aromatic carbocycles. The van der Waals surface area contributed by atoms with Crippen molar-refractivity contribution in [3.63, 3.8) is 0 Å². The summed E-state index contributed by atoms with van der Waals surface area (Å²) >= 11 is 0. The molecule has 0 saturated carbocycles. The number of rotatable bonds is 5. The second-order valence-electron chi connectivity index (χ2n) is 7.17. The predicted molar refractivity (Wildman–Crippen MR) is 95.4 cm³/mol. The highest BCUT2D eigenvalue weighted by atomic mass is 16.5. The Kier molecular flexibility index (Phi) is 4.26. The SMILES string of the molecule is CCOC(=O)[C@@]1(Cc2ccccc2)C[C@H]2CC[C@@H]1N2C(=O)c1cnc[nH]1. The molecule has 0 radical (unpaired) electrons. The molecule has 2 bridgehead atoms. The summed E-state index contributed by atoms with van der Waals surface area (Å²) in [7, 11) is 0. The molecule has 0 aliphatic carbocycles. The fourth-order valence-corrected chi connectivity index (χ4v) is 4.72. The Balaban J connectivity index is 1.69. The number of nitrogens with zero attached hydrogens (tertiary/aromatic N) is 2. The van der Waals surface area contributed by atoms with Gasteiger partial charge in [0.15, 0.2) is 0 Å². The Morgan fingerprint density at radius 2 is 2.12 bits per heavy atom. The number of carbonyl (C=O) groups is 2. The molecular weight excluding hydrogens is 330 g/mol. The summed E-state index contributed by atoms with van der Waals surface area (Å²) in [6.45, 7) is 2.18. The van der Waals surface area contributed by atoms with Gasteiger partial charge in [-0.1, -0.05) is 30.3 Å². The number of ether oxygens (including phenoxy) is 1. The first kappa shape index (κ1) is 16.8. The van der Waals surface area contributed by atoms with Gasteiger partial charge in [-0.15, -0.1) is 0 Å². The van der Waals surface area contributed by atoms with Gasteiger partial charge in [-0.2, -0.15) is 0 Å². The van der Waals surface area contributed by atoms with Gasteiger partial charge in [0, 0.05) is 12.1 Å². The molecule has 4 rings (SSSR count). The lowest BCUT2D eigenvalue weighted by Crippen LogP contribution is -2.47. The Bertz CT molecular complexity index is 790. The number of hydrogen-bond acceptors (Lipinski definition) is 4. The van der Waals surface area contributed by atoms with Gasteiger partial charge in [0.1, 0.15) is 5.69 Å². The van der Waals surface area contributed by atoms with Crippen LogP contribution in [-0.4, -0.2) is 45.4 Å². The predicted octanol–water partition coefficient (Wildman–Crippen LogP) is 2.58. The molecule has 6 heteroatoms. The minimum absolute atomic E-state index is 0.0731. The van der Waals surface area contributed by atoms with E-state index in [4.69, 9.17) is 4.74 Å². The lowest BCUT2D eigenvalue weighted by atomic mass is 9.70. The average molecular weight is 353 g/mol. The molecule has 6 nitrogen and oxygen atoms in total. The smallest absolute Gasteiger partial charge is 0.314 e. The number of aromatic nitrogens is 2. The van der Waals surface area contributed by atoms with E-state index in [1.807, 2.05) is 42.2 Å². The van der Waals surface area contributed by atoms with E-state index in [9.17, 15) is 9.59 Å². The number of benzene rings is 1. The van der Waals surface area contributed by atoms with Gasteiger partial charge >= 0.3 is 5.97 Å². The minimum atomic E-state index is -0.671. The summed E-state index contributed by atoms with van der Waals surface area (Å²) in [6.07, 6.45) is 6.07. The van der Waals surface area contributed by atoms with E-state index in [1.165, 1.54) is 6.33 Å². The normalized spacial score (nSPS) is 26.9. The van der Waals surface area contributed by atoms with Gasteiger partial charge in [-0.25, -0.2) is 4.98 Å². The first-order valence-corrected chi connectivity index (χ1v) is 9.18. The molecule has 26 heavy (non-hydrogen) atoms. The van der Waals surface area contributed by atoms with E-state index < -0.39 is 5.41 Å². The Hall–Kier alpha value is -2.63. The summed E-state index contributed by atoms with van der Waals surface area (Å²) in [5, 5.41) is 0. The van der Waals surface area contributed by atoms with Crippen LogP contribution in [0.15, 0.2) is 42.9 Å². The molecular formula is C20H23N3O3. The number of imidazole rings is 1. The van der Waals surface area contributed by atoms with E-state index in [2.05, 4.69) is 9.97 Å². The summed E-state index contributed by atoms with van der Waals surface area (Å²) in [6, 6.07) is 9.94. The molecule has 3 heterocycles. The largest absolute Gasteiger partial charge is 0.465 e. The number of amides is 1. The molecule has 2 aliphatic heterocycles. The third-order valence-electron chi connectivity index (χ3n) is 5.75. The van der Waals surface area contributed by atoms with Gasteiger partial charge in [-0.3, -0.25) is 9.59 Å². The van der Waals surface area contributed by atoms with Crippen molar-refractivity contribution in [1.29, 1.82) is 0 Å². The number of aromatic amines is 1. The number of esters is 1. The molecule has 2 saturated heterocycles. The van der Waals surface area contributed by atoms with Crippen LogP contribution in [0.3, 0.4) is 0 Å². The van der Waals surface area contributed by atoms with Crippen LogP contribution >= 0.6 is 0 Å². The Morgan fingerprint density at radius 1 is 1.31 bits per heavy atom. The molecule has 2 aliphatic rings. The fourth-order valence-electron chi connectivity index (χ4n) is 4.72. The number of fused-ring (bicyclic) bond motifs is 2. The van der Waals surface area contributed by atoms with Crippen LogP contribution in [0.4, 0.5) is 0 Å². The maximum absolute atomic E-state index is 13.0. The second-order valence-corrected chi connectivity index (χ2v) is 7.17. The lowest BCUT2D eigenvalue weighted by molar-refractivity contribution is -0.157. The number of carbonyl (C=O) groups excluding carboxylic acids is 2. The highest BCUT2D eigenvalue weighted by Crippen LogP contribution is 2.52. The van der Waals surface area contributed by atoms with Gasteiger partial charge in [0.25, 0.3) is 5.91 Å². The van der Waals surface area contributed by atoms with E-state index >= 15 is 0 Å². The number of hydrogen-bond donors (Lipinski definition) is 1. The second kappa shape index (κ2) is 6.59. The third-order valence-corrected chi connectivity index (χ3v) is 5.75. The summed E-state index contributed by atoms with van der Waals surface area (Å²) < 4.78 is 5.48. The Labute approximate surface area is 152 Å². The molecule has 2 aromatic rings. The van der Waals surface area contributed by atoms with E-state index in [0.29, 0.717) is 25.1 Å². The van der Waals surface area contributed by atoms with Gasteiger partial charge in [0.2, 0.25) is 0 Å². The first-order valence-electron chi connectivity index (χ1n) is 9.18. The molecule has 0 unspecified atom stereocenters. The van der Waals surface area contributed by atoms with Crippen molar-refractivity contribution in [2.24, 2.45) is 5.41 Å². The zero-order valence-corrected chi connectivity index (χ0v) is 14.9. The third kappa shape index (κ3) is 2.60.